The van der Waals surface area contributed by atoms with Gasteiger partial charge in [0.25, 0.3) is 0 Å². The quantitative estimate of drug-likeness (QED) is 0.170. The fraction of sp³-hybridized carbons (Fsp3) is 0.357. The van der Waals surface area contributed by atoms with Crippen LogP contribution in [0.5, 0.6) is 0 Å². The zero-order valence-corrected chi connectivity index (χ0v) is 33.6. The summed E-state index contributed by atoms with van der Waals surface area (Å²) in [7, 11) is 0. The molecule has 1 spiro atoms. The Labute approximate surface area is 339 Å². The van der Waals surface area contributed by atoms with Crippen LogP contribution in [0.3, 0.4) is 0 Å². The Morgan fingerprint density at radius 1 is 0.474 bits per heavy atom. The maximum Gasteiger partial charge on any atom is 0.0540 e. The van der Waals surface area contributed by atoms with Crippen LogP contribution in [0.25, 0.3) is 33.4 Å². The summed E-state index contributed by atoms with van der Waals surface area (Å²) < 4.78 is 0. The van der Waals surface area contributed by atoms with E-state index in [0.717, 1.165) is 29.6 Å². The Hall–Kier alpha value is -4.88. The number of rotatable bonds is 5. The molecular weight excluding hydrogens is 687 g/mol. The lowest BCUT2D eigenvalue weighted by atomic mass is 9.43. The highest BCUT2D eigenvalue weighted by atomic mass is 15.1. The van der Waals surface area contributed by atoms with Gasteiger partial charge >= 0.3 is 0 Å². The zero-order chi connectivity index (χ0) is 37.7. The first-order chi connectivity index (χ1) is 27.9. The summed E-state index contributed by atoms with van der Waals surface area (Å²) in [6, 6.07) is 52.7. The number of nitrogens with zero attached hydrogens (tertiary/aromatic N) is 1. The second-order valence-corrected chi connectivity index (χ2v) is 20.2. The molecule has 0 aromatic heterocycles. The lowest BCUT2D eigenvalue weighted by Crippen LogP contribution is -2.55. The fourth-order valence-electron chi connectivity index (χ4n) is 15.1. The minimum atomic E-state index is -0.0775. The van der Waals surface area contributed by atoms with E-state index in [1.807, 2.05) is 0 Å². The van der Waals surface area contributed by atoms with Crippen molar-refractivity contribution < 1.29 is 0 Å². The predicted molar refractivity (Wildman–Crippen MR) is 236 cm³/mol. The molecule has 0 radical (unpaired) electrons. The first-order valence-electron chi connectivity index (χ1n) is 22.4. The van der Waals surface area contributed by atoms with Crippen LogP contribution < -0.4 is 4.90 Å². The molecule has 6 aromatic rings. The van der Waals surface area contributed by atoms with E-state index in [-0.39, 0.29) is 10.8 Å². The molecule has 0 aliphatic heterocycles. The van der Waals surface area contributed by atoms with Gasteiger partial charge in [-0.3, -0.25) is 0 Å². The molecule has 57 heavy (non-hydrogen) atoms. The van der Waals surface area contributed by atoms with E-state index in [1.165, 1.54) is 126 Å². The topological polar surface area (TPSA) is 3.24 Å². The Kier molecular flexibility index (Phi) is 6.75. The Balaban J connectivity index is 1.00. The molecule has 6 bridgehead atoms. The standard InChI is InChI=1S/C56H53N/c1-54(2)49-12-6-3-10-45(49)47-21-19-42(32-51(47)54)57(53-14-8-5-9-44(53)38-15-17-39(18-16-38)55-25-23-35(34-55)24-26-55)43-20-22-48-46-11-4-7-13-50(46)56(52(48)33-43)40-28-36-27-37(30-40)31-41(56)29-36/h3-22,32-33,35-37,40-41H,23-31,34H2,1-2H3. The largest absolute Gasteiger partial charge is 0.310 e. The lowest BCUT2D eigenvalue weighted by molar-refractivity contribution is -0.0399. The molecule has 0 amide bonds. The molecule has 14 rings (SSSR count). The van der Waals surface area contributed by atoms with E-state index in [2.05, 4.69) is 152 Å². The molecule has 6 saturated carbocycles. The minimum absolute atomic E-state index is 0.0775. The molecule has 1 nitrogen and oxygen atoms in total. The van der Waals surface area contributed by atoms with Crippen molar-refractivity contribution in [3.8, 4) is 33.4 Å². The molecule has 8 aliphatic rings. The van der Waals surface area contributed by atoms with Crippen molar-refractivity contribution in [1.82, 2.24) is 0 Å². The van der Waals surface area contributed by atoms with Crippen LogP contribution in [-0.4, -0.2) is 0 Å². The first-order valence-corrected chi connectivity index (χ1v) is 22.4. The lowest BCUT2D eigenvalue weighted by Gasteiger charge is -2.61. The first kappa shape index (κ1) is 33.1. The number of para-hydroxylation sites is 1. The molecule has 0 N–H and O–H groups in total. The van der Waals surface area contributed by atoms with Gasteiger partial charge in [-0.1, -0.05) is 117 Å². The maximum absolute atomic E-state index is 2.68. The van der Waals surface area contributed by atoms with Gasteiger partial charge in [0.05, 0.1) is 5.69 Å². The Morgan fingerprint density at radius 2 is 1.02 bits per heavy atom. The van der Waals surface area contributed by atoms with Crippen LogP contribution in [0.1, 0.15) is 106 Å². The maximum atomic E-state index is 2.68. The van der Waals surface area contributed by atoms with Crippen LogP contribution in [0, 0.1) is 29.6 Å². The molecule has 282 valence electrons. The minimum Gasteiger partial charge on any atom is -0.310 e. The van der Waals surface area contributed by atoms with E-state index in [1.54, 1.807) is 16.7 Å². The molecular formula is C56H53N. The van der Waals surface area contributed by atoms with Crippen LogP contribution in [-0.2, 0) is 16.2 Å². The Morgan fingerprint density at radius 3 is 1.67 bits per heavy atom. The van der Waals surface area contributed by atoms with Crippen molar-refractivity contribution in [1.29, 1.82) is 0 Å². The highest BCUT2D eigenvalue weighted by Crippen LogP contribution is 2.70. The zero-order valence-electron chi connectivity index (χ0n) is 33.6. The van der Waals surface area contributed by atoms with E-state index in [0.29, 0.717) is 5.41 Å². The van der Waals surface area contributed by atoms with Crippen LogP contribution in [0.4, 0.5) is 17.1 Å². The van der Waals surface area contributed by atoms with Crippen molar-refractivity contribution in [2.24, 2.45) is 29.6 Å². The summed E-state index contributed by atoms with van der Waals surface area (Å²) in [4.78, 5) is 2.63. The van der Waals surface area contributed by atoms with Gasteiger partial charge in [-0.15, -0.1) is 0 Å². The number of hydrogen-bond donors (Lipinski definition) is 0. The third-order valence-corrected chi connectivity index (χ3v) is 17.3. The molecule has 6 fully saturated rings. The number of anilines is 3. The van der Waals surface area contributed by atoms with E-state index in [4.69, 9.17) is 0 Å². The number of fused-ring (bicyclic) bond motifs is 8. The van der Waals surface area contributed by atoms with Gasteiger partial charge in [0.15, 0.2) is 0 Å². The molecule has 1 heteroatoms. The van der Waals surface area contributed by atoms with Crippen molar-refractivity contribution in [3.63, 3.8) is 0 Å². The van der Waals surface area contributed by atoms with Crippen LogP contribution in [0.15, 0.2) is 133 Å². The highest BCUT2D eigenvalue weighted by Gasteiger charge is 2.61. The van der Waals surface area contributed by atoms with E-state index < -0.39 is 0 Å². The fourth-order valence-corrected chi connectivity index (χ4v) is 15.1. The van der Waals surface area contributed by atoms with Gasteiger partial charge in [0.2, 0.25) is 0 Å². The normalized spacial score (nSPS) is 30.0. The van der Waals surface area contributed by atoms with E-state index in [9.17, 15) is 0 Å². The summed E-state index contributed by atoms with van der Waals surface area (Å²) in [5.74, 6) is 4.27. The van der Waals surface area contributed by atoms with Gasteiger partial charge in [-0.05, 0) is 185 Å². The monoisotopic (exact) mass is 739 g/mol. The SMILES string of the molecule is CC1(C)c2ccccc2-c2ccc(N(c3ccc4c(c3)C3(c5ccccc5-4)C4CC5CC(C4)CC3C5)c3ccccc3-c3ccc(C45CCC(CC4)C5)cc3)cc21. The highest BCUT2D eigenvalue weighted by molar-refractivity contribution is 5.92. The summed E-state index contributed by atoms with van der Waals surface area (Å²) in [6.07, 6.45) is 14.0. The van der Waals surface area contributed by atoms with Crippen molar-refractivity contribution in [3.05, 3.63) is 161 Å². The second kappa shape index (κ2) is 11.6. The predicted octanol–water partition coefficient (Wildman–Crippen LogP) is 14.7. The average molecular weight is 740 g/mol. The van der Waals surface area contributed by atoms with Gasteiger partial charge in [-0.2, -0.15) is 0 Å². The smallest absolute Gasteiger partial charge is 0.0540 e. The summed E-state index contributed by atoms with van der Waals surface area (Å²) in [5.41, 5.74) is 20.3. The van der Waals surface area contributed by atoms with Crippen molar-refractivity contribution in [2.75, 3.05) is 4.90 Å². The van der Waals surface area contributed by atoms with E-state index >= 15 is 0 Å². The summed E-state index contributed by atoms with van der Waals surface area (Å²) in [6.45, 7) is 4.83. The van der Waals surface area contributed by atoms with Gasteiger partial charge in [0, 0.05) is 27.8 Å². The molecule has 0 heterocycles. The average Bonchev–Trinajstić information content (AvgIpc) is 3.99. The van der Waals surface area contributed by atoms with Crippen molar-refractivity contribution >= 4 is 17.1 Å². The summed E-state index contributed by atoms with van der Waals surface area (Å²) in [5, 5.41) is 0. The van der Waals surface area contributed by atoms with Gasteiger partial charge in [0.1, 0.15) is 0 Å². The summed E-state index contributed by atoms with van der Waals surface area (Å²) >= 11 is 0. The molecule has 0 unspecified atom stereocenters. The third kappa shape index (κ3) is 4.42. The Bertz CT molecular complexity index is 2590. The van der Waals surface area contributed by atoms with Gasteiger partial charge in [-0.25, -0.2) is 0 Å². The molecule has 0 atom stereocenters. The van der Waals surface area contributed by atoms with Crippen LogP contribution >= 0.6 is 0 Å². The molecule has 6 aromatic carbocycles. The number of hydrogen-bond acceptors (Lipinski definition) is 1. The van der Waals surface area contributed by atoms with Crippen molar-refractivity contribution in [2.45, 2.75) is 94.3 Å². The number of benzene rings is 6. The molecule has 0 saturated heterocycles. The molecule has 8 aliphatic carbocycles. The van der Waals surface area contributed by atoms with Crippen LogP contribution in [0.2, 0.25) is 0 Å². The second-order valence-electron chi connectivity index (χ2n) is 20.2. The van der Waals surface area contributed by atoms with Gasteiger partial charge < -0.3 is 4.90 Å². The third-order valence-electron chi connectivity index (χ3n) is 17.3.